The topological polar surface area (TPSA) is 59.6 Å². The summed E-state index contributed by atoms with van der Waals surface area (Å²) < 4.78 is 11.1. The Labute approximate surface area is 127 Å². The number of carbonyl (C=O) groups is 1. The van der Waals surface area contributed by atoms with E-state index in [2.05, 4.69) is 24.5 Å². The third-order valence-corrected chi connectivity index (χ3v) is 3.93. The van der Waals surface area contributed by atoms with E-state index >= 15 is 0 Å². The number of amides is 1. The predicted octanol–water partition coefficient (Wildman–Crippen LogP) is 0.964. The molecule has 0 radical (unpaired) electrons. The van der Waals surface area contributed by atoms with Crippen molar-refractivity contribution in [2.75, 3.05) is 32.9 Å². The minimum atomic E-state index is -0.198. The Kier molecular flexibility index (Phi) is 7.80. The lowest BCUT2D eigenvalue weighted by Crippen LogP contribution is -2.52. The van der Waals surface area contributed by atoms with Gasteiger partial charge in [-0.25, -0.2) is 0 Å². The van der Waals surface area contributed by atoms with Crippen molar-refractivity contribution in [3.8, 4) is 0 Å². The van der Waals surface area contributed by atoms with Crippen LogP contribution < -0.4 is 10.6 Å². The van der Waals surface area contributed by atoms with Gasteiger partial charge >= 0.3 is 0 Å². The van der Waals surface area contributed by atoms with Crippen molar-refractivity contribution in [3.63, 3.8) is 0 Å². The van der Waals surface area contributed by atoms with Crippen LogP contribution in [0.4, 0.5) is 0 Å². The zero-order valence-electron chi connectivity index (χ0n) is 12.4. The lowest BCUT2D eigenvalue weighted by atomic mass is 9.87. The number of halogens is 1. The molecule has 0 aromatic carbocycles. The van der Waals surface area contributed by atoms with Crippen molar-refractivity contribution < 1.29 is 14.3 Å². The summed E-state index contributed by atoms with van der Waals surface area (Å²) in [7, 11) is 0. The smallest absolute Gasteiger partial charge is 0.239 e. The largest absolute Gasteiger partial charge is 0.378 e. The predicted molar refractivity (Wildman–Crippen MR) is 80.2 cm³/mol. The van der Waals surface area contributed by atoms with E-state index in [4.69, 9.17) is 9.47 Å². The first-order valence-electron chi connectivity index (χ1n) is 7.39. The molecule has 3 unspecified atom stereocenters. The normalized spacial score (nSPS) is 30.6. The fraction of sp³-hybridized carbons (Fsp3) is 0.929. The minimum Gasteiger partial charge on any atom is -0.378 e. The second-order valence-corrected chi connectivity index (χ2v) is 5.81. The number of rotatable bonds is 4. The summed E-state index contributed by atoms with van der Waals surface area (Å²) >= 11 is 0. The Morgan fingerprint density at radius 1 is 1.40 bits per heavy atom. The number of carbonyl (C=O) groups excluding carboxylic acids is 1. The fourth-order valence-electron chi connectivity index (χ4n) is 2.91. The molecule has 118 valence electrons. The van der Waals surface area contributed by atoms with Crippen molar-refractivity contribution in [2.45, 2.75) is 38.8 Å². The highest BCUT2D eigenvalue weighted by atomic mass is 35.5. The first-order chi connectivity index (χ1) is 9.18. The maximum atomic E-state index is 12.0. The highest BCUT2D eigenvalue weighted by Crippen LogP contribution is 2.25. The molecule has 5 nitrogen and oxygen atoms in total. The molecular weight excluding hydrogens is 280 g/mol. The van der Waals surface area contributed by atoms with Crippen molar-refractivity contribution in [1.82, 2.24) is 10.6 Å². The number of morpholine rings is 1. The fourth-order valence-corrected chi connectivity index (χ4v) is 2.91. The molecule has 2 saturated heterocycles. The van der Waals surface area contributed by atoms with Crippen LogP contribution in [0.1, 0.15) is 26.7 Å². The van der Waals surface area contributed by atoms with E-state index < -0.39 is 0 Å². The molecule has 0 aromatic rings. The zero-order valence-corrected chi connectivity index (χ0v) is 13.2. The minimum absolute atomic E-state index is 0. The van der Waals surface area contributed by atoms with Crippen LogP contribution in [0.5, 0.6) is 0 Å². The standard InChI is InChI=1S/C14H26N2O3.ClH/c1-10(2)13-11(4-3-6-19-13)8-16-14(17)12-9-18-7-5-15-12;/h10-13,15H,3-9H2,1-2H3,(H,16,17);1H. The highest BCUT2D eigenvalue weighted by molar-refractivity contribution is 5.85. The number of hydrogen-bond acceptors (Lipinski definition) is 4. The van der Waals surface area contributed by atoms with Crippen LogP contribution in [-0.4, -0.2) is 51.0 Å². The van der Waals surface area contributed by atoms with E-state index in [0.29, 0.717) is 31.6 Å². The van der Waals surface area contributed by atoms with Crippen LogP contribution in [0, 0.1) is 11.8 Å². The summed E-state index contributed by atoms with van der Waals surface area (Å²) in [4.78, 5) is 12.0. The first-order valence-corrected chi connectivity index (χ1v) is 7.39. The van der Waals surface area contributed by atoms with Crippen molar-refractivity contribution in [3.05, 3.63) is 0 Å². The molecule has 2 fully saturated rings. The van der Waals surface area contributed by atoms with Gasteiger partial charge in [0.15, 0.2) is 0 Å². The average Bonchev–Trinajstić information content (AvgIpc) is 2.46. The van der Waals surface area contributed by atoms with Crippen molar-refractivity contribution in [2.24, 2.45) is 11.8 Å². The van der Waals surface area contributed by atoms with Gasteiger partial charge in [-0.3, -0.25) is 4.79 Å². The summed E-state index contributed by atoms with van der Waals surface area (Å²) in [6.07, 6.45) is 2.50. The summed E-state index contributed by atoms with van der Waals surface area (Å²) in [6, 6.07) is -0.198. The van der Waals surface area contributed by atoms with E-state index in [-0.39, 0.29) is 30.5 Å². The molecule has 0 spiro atoms. The van der Waals surface area contributed by atoms with E-state index in [1.165, 1.54) is 0 Å². The van der Waals surface area contributed by atoms with Crippen LogP contribution in [-0.2, 0) is 14.3 Å². The summed E-state index contributed by atoms with van der Waals surface area (Å²) in [5, 5.41) is 6.22. The molecule has 2 heterocycles. The molecule has 6 heteroatoms. The molecule has 3 atom stereocenters. The number of nitrogens with one attached hydrogen (secondary N) is 2. The second kappa shape index (κ2) is 8.82. The first kappa shape index (κ1) is 17.7. The molecule has 0 aliphatic carbocycles. The van der Waals surface area contributed by atoms with Crippen LogP contribution in [0.25, 0.3) is 0 Å². The van der Waals surface area contributed by atoms with Gasteiger partial charge in [-0.15, -0.1) is 12.4 Å². The van der Waals surface area contributed by atoms with E-state index in [9.17, 15) is 4.79 Å². The Morgan fingerprint density at radius 2 is 2.20 bits per heavy atom. The van der Waals surface area contributed by atoms with Crippen LogP contribution >= 0.6 is 12.4 Å². The molecule has 0 bridgehead atoms. The van der Waals surface area contributed by atoms with Gasteiger partial charge in [0.1, 0.15) is 6.04 Å². The van der Waals surface area contributed by atoms with Crippen LogP contribution in [0.3, 0.4) is 0 Å². The maximum absolute atomic E-state index is 12.0. The lowest BCUT2D eigenvalue weighted by molar-refractivity contribution is -0.126. The number of hydrogen-bond donors (Lipinski definition) is 2. The van der Waals surface area contributed by atoms with Crippen molar-refractivity contribution >= 4 is 18.3 Å². The highest BCUT2D eigenvalue weighted by Gasteiger charge is 2.29. The van der Waals surface area contributed by atoms with Gasteiger partial charge in [-0.2, -0.15) is 0 Å². The molecule has 0 saturated carbocycles. The van der Waals surface area contributed by atoms with Crippen molar-refractivity contribution in [1.29, 1.82) is 0 Å². The average molecular weight is 307 g/mol. The third-order valence-electron chi connectivity index (χ3n) is 3.93. The van der Waals surface area contributed by atoms with Gasteiger partial charge in [-0.05, 0) is 18.8 Å². The van der Waals surface area contributed by atoms with Crippen LogP contribution in [0.2, 0.25) is 0 Å². The maximum Gasteiger partial charge on any atom is 0.239 e. The second-order valence-electron chi connectivity index (χ2n) is 5.81. The van der Waals surface area contributed by atoms with Gasteiger partial charge in [0, 0.05) is 25.6 Å². The third kappa shape index (κ3) is 4.88. The molecule has 0 aromatic heterocycles. The zero-order chi connectivity index (χ0) is 13.7. The molecule has 1 amide bonds. The summed E-state index contributed by atoms with van der Waals surface area (Å²) in [5.74, 6) is 0.980. The van der Waals surface area contributed by atoms with E-state index in [1.54, 1.807) is 0 Å². The van der Waals surface area contributed by atoms with Gasteiger partial charge < -0.3 is 20.1 Å². The molecule has 2 rings (SSSR count). The lowest BCUT2D eigenvalue weighted by Gasteiger charge is -2.35. The van der Waals surface area contributed by atoms with Gasteiger partial charge in [0.2, 0.25) is 5.91 Å². The van der Waals surface area contributed by atoms with Gasteiger partial charge in [0.05, 0.1) is 19.3 Å². The monoisotopic (exact) mass is 306 g/mol. The van der Waals surface area contributed by atoms with Crippen LogP contribution in [0.15, 0.2) is 0 Å². The Bertz CT molecular complexity index is 296. The SMILES string of the molecule is CC(C)C1OCCCC1CNC(=O)C1COCCN1.Cl. The molecule has 20 heavy (non-hydrogen) atoms. The molecule has 2 aliphatic rings. The van der Waals surface area contributed by atoms with Gasteiger partial charge in [0.25, 0.3) is 0 Å². The summed E-state index contributed by atoms with van der Waals surface area (Å²) in [6.45, 7) is 7.84. The Hall–Kier alpha value is -0.360. The van der Waals surface area contributed by atoms with E-state index in [0.717, 1.165) is 26.0 Å². The quantitative estimate of drug-likeness (QED) is 0.812. The molecule has 2 N–H and O–H groups in total. The van der Waals surface area contributed by atoms with Gasteiger partial charge in [-0.1, -0.05) is 13.8 Å². The number of ether oxygens (including phenoxy) is 2. The molecule has 2 aliphatic heterocycles. The Morgan fingerprint density at radius 3 is 2.85 bits per heavy atom. The molecular formula is C14H27ClN2O3. The Balaban J connectivity index is 0.00000200. The summed E-state index contributed by atoms with van der Waals surface area (Å²) in [5.41, 5.74) is 0. The van der Waals surface area contributed by atoms with E-state index in [1.807, 2.05) is 0 Å².